The lowest BCUT2D eigenvalue weighted by Gasteiger charge is -2.31. The van der Waals surface area contributed by atoms with Crippen LogP contribution >= 0.6 is 11.3 Å². The van der Waals surface area contributed by atoms with Crippen molar-refractivity contribution in [2.24, 2.45) is 0 Å². The Kier molecular flexibility index (Phi) is 7.37. The molecule has 168 valence electrons. The molecule has 0 radical (unpaired) electrons. The Hall–Kier alpha value is -3.64. The molecule has 0 saturated carbocycles. The quantitative estimate of drug-likeness (QED) is 0.371. The van der Waals surface area contributed by atoms with Gasteiger partial charge in [-0.2, -0.15) is 0 Å². The zero-order chi connectivity index (χ0) is 23.0. The molecular formula is C27H26N2O3S. The molecule has 0 spiro atoms. The van der Waals surface area contributed by atoms with Gasteiger partial charge in [0.1, 0.15) is 11.8 Å². The molecule has 5 nitrogen and oxygen atoms in total. The monoisotopic (exact) mass is 458 g/mol. The van der Waals surface area contributed by atoms with Gasteiger partial charge in [-0.1, -0.05) is 60.7 Å². The Morgan fingerprint density at radius 2 is 1.76 bits per heavy atom. The van der Waals surface area contributed by atoms with Crippen molar-refractivity contribution in [2.75, 3.05) is 0 Å². The van der Waals surface area contributed by atoms with E-state index in [0.29, 0.717) is 12.3 Å². The van der Waals surface area contributed by atoms with Crippen molar-refractivity contribution in [3.8, 4) is 0 Å². The van der Waals surface area contributed by atoms with E-state index in [1.54, 1.807) is 17.2 Å². The summed E-state index contributed by atoms with van der Waals surface area (Å²) >= 11 is 1.53. The Labute approximate surface area is 197 Å². The summed E-state index contributed by atoms with van der Waals surface area (Å²) in [5, 5.41) is 4.99. The Balaban J connectivity index is 1.67. The first-order valence-electron chi connectivity index (χ1n) is 10.8. The van der Waals surface area contributed by atoms with E-state index in [0.717, 1.165) is 21.6 Å². The molecule has 2 amide bonds. The molecule has 6 heteroatoms. The highest BCUT2D eigenvalue weighted by molar-refractivity contribution is 7.10. The molecule has 0 aliphatic carbocycles. The fraction of sp³-hybridized carbons (Fsp3) is 0.185. The van der Waals surface area contributed by atoms with E-state index >= 15 is 0 Å². The molecule has 0 aliphatic heterocycles. The summed E-state index contributed by atoms with van der Waals surface area (Å²) in [7, 11) is 0. The number of nitrogens with one attached hydrogen (secondary N) is 1. The predicted molar refractivity (Wildman–Crippen MR) is 129 cm³/mol. The number of hydrogen-bond acceptors (Lipinski definition) is 4. The van der Waals surface area contributed by atoms with Gasteiger partial charge in [0.25, 0.3) is 0 Å². The number of rotatable bonds is 9. The van der Waals surface area contributed by atoms with Crippen molar-refractivity contribution in [3.05, 3.63) is 118 Å². The molecule has 1 atom stereocenters. The fourth-order valence-corrected chi connectivity index (χ4v) is 4.48. The van der Waals surface area contributed by atoms with Crippen molar-refractivity contribution < 1.29 is 14.0 Å². The van der Waals surface area contributed by atoms with Gasteiger partial charge in [0.05, 0.1) is 19.2 Å². The maximum absolute atomic E-state index is 13.6. The van der Waals surface area contributed by atoms with Crippen molar-refractivity contribution in [1.82, 2.24) is 10.2 Å². The maximum Gasteiger partial charge on any atom is 0.247 e. The van der Waals surface area contributed by atoms with E-state index < -0.39 is 6.04 Å². The first-order valence-corrected chi connectivity index (χ1v) is 11.7. The topological polar surface area (TPSA) is 62.6 Å². The summed E-state index contributed by atoms with van der Waals surface area (Å²) in [6.45, 7) is 2.55. The van der Waals surface area contributed by atoms with Crippen LogP contribution in [0.3, 0.4) is 0 Å². The number of furan rings is 1. The van der Waals surface area contributed by atoms with Crippen LogP contribution < -0.4 is 5.32 Å². The molecule has 4 rings (SSSR count). The first kappa shape index (κ1) is 22.6. The average Bonchev–Trinajstić information content (AvgIpc) is 3.53. The number of carbonyl (C=O) groups excluding carboxylic acids is 2. The number of nitrogens with zero attached hydrogens (tertiary/aromatic N) is 1. The molecule has 0 fully saturated rings. The van der Waals surface area contributed by atoms with Gasteiger partial charge in [-0.25, -0.2) is 0 Å². The summed E-state index contributed by atoms with van der Waals surface area (Å²) in [6, 6.07) is 24.1. The lowest BCUT2D eigenvalue weighted by atomic mass is 9.98. The van der Waals surface area contributed by atoms with Crippen LogP contribution in [0, 0.1) is 6.92 Å². The van der Waals surface area contributed by atoms with E-state index in [9.17, 15) is 9.59 Å². The Morgan fingerprint density at radius 1 is 0.970 bits per heavy atom. The second kappa shape index (κ2) is 10.8. The SMILES string of the molecule is Cc1ccccc1[C@@H](C(=O)NCc1ccccc1)N(Cc1ccco1)C(=O)Cc1cccs1. The normalized spacial score (nSPS) is 11.7. The van der Waals surface area contributed by atoms with Crippen LogP contribution in [0.15, 0.2) is 94.9 Å². The molecule has 0 bridgehead atoms. The van der Waals surface area contributed by atoms with Crippen LogP contribution in [0.25, 0.3) is 0 Å². The lowest BCUT2D eigenvalue weighted by Crippen LogP contribution is -2.44. The van der Waals surface area contributed by atoms with Gasteiger partial charge in [0.15, 0.2) is 0 Å². The fourth-order valence-electron chi connectivity index (χ4n) is 3.78. The smallest absolute Gasteiger partial charge is 0.247 e. The highest BCUT2D eigenvalue weighted by Gasteiger charge is 2.33. The van der Waals surface area contributed by atoms with E-state index in [-0.39, 0.29) is 24.8 Å². The Bertz CT molecular complexity index is 1170. The second-order valence-corrected chi connectivity index (χ2v) is 8.85. The third-order valence-electron chi connectivity index (χ3n) is 5.48. The molecule has 0 unspecified atom stereocenters. The zero-order valence-corrected chi connectivity index (χ0v) is 19.3. The number of amides is 2. The van der Waals surface area contributed by atoms with Gasteiger partial charge in [-0.05, 0) is 47.2 Å². The molecule has 2 aromatic carbocycles. The highest BCUT2D eigenvalue weighted by atomic mass is 32.1. The van der Waals surface area contributed by atoms with Crippen LogP contribution in [-0.4, -0.2) is 16.7 Å². The lowest BCUT2D eigenvalue weighted by molar-refractivity contribution is -0.141. The summed E-state index contributed by atoms with van der Waals surface area (Å²) in [5.74, 6) is 0.278. The molecule has 2 heterocycles. The molecule has 0 saturated heterocycles. The van der Waals surface area contributed by atoms with Crippen molar-refractivity contribution >= 4 is 23.2 Å². The first-order chi connectivity index (χ1) is 16.1. The summed E-state index contributed by atoms with van der Waals surface area (Å²) in [5.41, 5.74) is 2.75. The van der Waals surface area contributed by atoms with Crippen LogP contribution in [0.5, 0.6) is 0 Å². The molecule has 2 aromatic heterocycles. The van der Waals surface area contributed by atoms with Gasteiger partial charge in [0, 0.05) is 11.4 Å². The predicted octanol–water partition coefficient (Wildman–Crippen LogP) is 5.28. The number of benzene rings is 2. The average molecular weight is 459 g/mol. The maximum atomic E-state index is 13.6. The minimum atomic E-state index is -0.785. The Morgan fingerprint density at radius 3 is 2.45 bits per heavy atom. The molecular weight excluding hydrogens is 432 g/mol. The molecule has 4 aromatic rings. The number of carbonyl (C=O) groups is 2. The largest absolute Gasteiger partial charge is 0.467 e. The minimum Gasteiger partial charge on any atom is -0.467 e. The van der Waals surface area contributed by atoms with E-state index in [4.69, 9.17) is 4.42 Å². The van der Waals surface area contributed by atoms with Gasteiger partial charge in [0.2, 0.25) is 11.8 Å². The third-order valence-corrected chi connectivity index (χ3v) is 6.36. The number of thiophene rings is 1. The zero-order valence-electron chi connectivity index (χ0n) is 18.4. The van der Waals surface area contributed by atoms with Gasteiger partial charge in [-0.3, -0.25) is 9.59 Å². The third kappa shape index (κ3) is 5.79. The van der Waals surface area contributed by atoms with Crippen molar-refractivity contribution in [2.45, 2.75) is 32.5 Å². The van der Waals surface area contributed by atoms with E-state index in [1.165, 1.54) is 11.3 Å². The van der Waals surface area contributed by atoms with Gasteiger partial charge >= 0.3 is 0 Å². The van der Waals surface area contributed by atoms with Gasteiger partial charge in [-0.15, -0.1) is 11.3 Å². The second-order valence-electron chi connectivity index (χ2n) is 7.82. The van der Waals surface area contributed by atoms with Crippen LogP contribution in [-0.2, 0) is 29.1 Å². The van der Waals surface area contributed by atoms with Crippen molar-refractivity contribution in [3.63, 3.8) is 0 Å². The standard InChI is InChI=1S/C27H26N2O3S/c1-20-9-5-6-14-24(20)26(27(31)28-18-21-10-3-2-4-11-21)29(19-22-12-7-15-32-22)25(30)17-23-13-8-16-33-23/h2-16,26H,17-19H2,1H3,(H,28,31)/t26-/m0/s1. The summed E-state index contributed by atoms with van der Waals surface area (Å²) in [4.78, 5) is 29.7. The van der Waals surface area contributed by atoms with Gasteiger partial charge < -0.3 is 14.6 Å². The van der Waals surface area contributed by atoms with E-state index in [2.05, 4.69) is 5.32 Å². The van der Waals surface area contributed by atoms with Crippen LogP contribution in [0.1, 0.15) is 33.4 Å². The van der Waals surface area contributed by atoms with Crippen molar-refractivity contribution in [1.29, 1.82) is 0 Å². The highest BCUT2D eigenvalue weighted by Crippen LogP contribution is 2.28. The van der Waals surface area contributed by atoms with Crippen LogP contribution in [0.2, 0.25) is 0 Å². The van der Waals surface area contributed by atoms with Crippen LogP contribution in [0.4, 0.5) is 0 Å². The van der Waals surface area contributed by atoms with E-state index in [1.807, 2.05) is 85.1 Å². The molecule has 1 N–H and O–H groups in total. The minimum absolute atomic E-state index is 0.128. The number of aryl methyl sites for hydroxylation is 1. The molecule has 33 heavy (non-hydrogen) atoms. The number of hydrogen-bond donors (Lipinski definition) is 1. The summed E-state index contributed by atoms with van der Waals surface area (Å²) < 4.78 is 5.55. The summed E-state index contributed by atoms with van der Waals surface area (Å²) in [6.07, 6.45) is 1.81. The molecule has 0 aliphatic rings.